The highest BCUT2D eigenvalue weighted by Gasteiger charge is 2.19. The summed E-state index contributed by atoms with van der Waals surface area (Å²) in [5.74, 6) is 1.93. The number of rotatable bonds is 4. The topological polar surface area (TPSA) is 0 Å². The van der Waals surface area contributed by atoms with Crippen molar-refractivity contribution < 1.29 is 0 Å². The Morgan fingerprint density at radius 3 is 2.71 bits per heavy atom. The SMILES string of the molecule is CC1CCCC(CCC(Br)c2ccccc2)C1. The van der Waals surface area contributed by atoms with Gasteiger partial charge in [0.1, 0.15) is 0 Å². The van der Waals surface area contributed by atoms with Crippen LogP contribution in [0.25, 0.3) is 0 Å². The molecule has 0 spiro atoms. The molecule has 1 aliphatic carbocycles. The first-order chi connectivity index (χ1) is 8.25. The molecule has 0 N–H and O–H groups in total. The van der Waals surface area contributed by atoms with Crippen LogP contribution in [0.1, 0.15) is 55.8 Å². The van der Waals surface area contributed by atoms with E-state index in [-0.39, 0.29) is 0 Å². The summed E-state index contributed by atoms with van der Waals surface area (Å²) >= 11 is 3.83. The van der Waals surface area contributed by atoms with Gasteiger partial charge in [-0.15, -0.1) is 0 Å². The quantitative estimate of drug-likeness (QED) is 0.622. The summed E-state index contributed by atoms with van der Waals surface area (Å²) in [6.45, 7) is 2.41. The molecule has 94 valence electrons. The van der Waals surface area contributed by atoms with E-state index in [0.717, 1.165) is 11.8 Å². The molecule has 0 radical (unpaired) electrons. The maximum Gasteiger partial charge on any atom is 0.0395 e. The van der Waals surface area contributed by atoms with Crippen LogP contribution in [0.15, 0.2) is 30.3 Å². The molecule has 0 nitrogen and oxygen atoms in total. The van der Waals surface area contributed by atoms with Crippen LogP contribution in [0.5, 0.6) is 0 Å². The zero-order valence-corrected chi connectivity index (χ0v) is 12.3. The van der Waals surface area contributed by atoms with E-state index >= 15 is 0 Å². The van der Waals surface area contributed by atoms with Crippen molar-refractivity contribution in [2.24, 2.45) is 11.8 Å². The van der Waals surface area contributed by atoms with Crippen LogP contribution in [0.2, 0.25) is 0 Å². The molecule has 0 saturated heterocycles. The highest BCUT2D eigenvalue weighted by Crippen LogP contribution is 2.35. The van der Waals surface area contributed by atoms with E-state index in [2.05, 4.69) is 53.2 Å². The van der Waals surface area contributed by atoms with Crippen molar-refractivity contribution in [2.45, 2.75) is 50.3 Å². The maximum atomic E-state index is 3.83. The van der Waals surface area contributed by atoms with E-state index < -0.39 is 0 Å². The number of hydrogen-bond donors (Lipinski definition) is 0. The van der Waals surface area contributed by atoms with Gasteiger partial charge in [0.2, 0.25) is 0 Å². The molecule has 3 atom stereocenters. The molecule has 0 aromatic heterocycles. The summed E-state index contributed by atoms with van der Waals surface area (Å²) in [5, 5.41) is 0. The Morgan fingerprint density at radius 2 is 2.00 bits per heavy atom. The molecule has 17 heavy (non-hydrogen) atoms. The number of halogens is 1. The Bertz CT molecular complexity index is 320. The summed E-state index contributed by atoms with van der Waals surface area (Å²) in [5.41, 5.74) is 1.43. The van der Waals surface area contributed by atoms with Gasteiger partial charge >= 0.3 is 0 Å². The van der Waals surface area contributed by atoms with Gasteiger partial charge in [-0.1, -0.05) is 72.4 Å². The third kappa shape index (κ3) is 4.13. The minimum absolute atomic E-state index is 0.543. The lowest BCUT2D eigenvalue weighted by atomic mass is 9.80. The first-order valence-corrected chi connectivity index (χ1v) is 7.86. The normalized spacial score (nSPS) is 26.7. The molecule has 0 aliphatic heterocycles. The lowest BCUT2D eigenvalue weighted by Gasteiger charge is -2.27. The van der Waals surface area contributed by atoms with Crippen LogP contribution in [-0.4, -0.2) is 0 Å². The van der Waals surface area contributed by atoms with E-state index in [0.29, 0.717) is 4.83 Å². The lowest BCUT2D eigenvalue weighted by Crippen LogP contribution is -2.13. The van der Waals surface area contributed by atoms with E-state index in [4.69, 9.17) is 0 Å². The molecule has 1 aliphatic rings. The molecular weight excluding hydrogens is 272 g/mol. The van der Waals surface area contributed by atoms with Gasteiger partial charge in [-0.3, -0.25) is 0 Å². The molecule has 1 fully saturated rings. The molecule has 3 unspecified atom stereocenters. The Labute approximate surface area is 114 Å². The van der Waals surface area contributed by atoms with Crippen LogP contribution >= 0.6 is 15.9 Å². The van der Waals surface area contributed by atoms with Crippen molar-refractivity contribution in [1.82, 2.24) is 0 Å². The van der Waals surface area contributed by atoms with Gasteiger partial charge in [-0.25, -0.2) is 0 Å². The predicted molar refractivity (Wildman–Crippen MR) is 78.5 cm³/mol. The summed E-state index contributed by atoms with van der Waals surface area (Å²) < 4.78 is 0. The molecule has 1 saturated carbocycles. The van der Waals surface area contributed by atoms with Gasteiger partial charge in [-0.2, -0.15) is 0 Å². The van der Waals surface area contributed by atoms with E-state index in [9.17, 15) is 0 Å². The summed E-state index contributed by atoms with van der Waals surface area (Å²) in [7, 11) is 0. The van der Waals surface area contributed by atoms with Crippen LogP contribution < -0.4 is 0 Å². The Hall–Kier alpha value is -0.300. The second-order valence-electron chi connectivity index (χ2n) is 5.59. The molecule has 2 rings (SSSR count). The molecule has 1 aromatic rings. The van der Waals surface area contributed by atoms with Crippen LogP contribution in [0.3, 0.4) is 0 Å². The van der Waals surface area contributed by atoms with Gasteiger partial charge in [0, 0.05) is 4.83 Å². The fourth-order valence-electron chi connectivity index (χ4n) is 3.03. The van der Waals surface area contributed by atoms with Crippen LogP contribution in [-0.2, 0) is 0 Å². The van der Waals surface area contributed by atoms with Gasteiger partial charge in [0.15, 0.2) is 0 Å². The second kappa shape index (κ2) is 6.58. The van der Waals surface area contributed by atoms with Crippen molar-refractivity contribution in [3.63, 3.8) is 0 Å². The van der Waals surface area contributed by atoms with E-state index in [1.54, 1.807) is 0 Å². The summed E-state index contributed by atoms with van der Waals surface area (Å²) in [6.07, 6.45) is 8.47. The summed E-state index contributed by atoms with van der Waals surface area (Å²) in [4.78, 5) is 0.543. The molecule has 0 heterocycles. The number of alkyl halides is 1. The van der Waals surface area contributed by atoms with E-state index in [1.165, 1.54) is 44.1 Å². The number of hydrogen-bond acceptors (Lipinski definition) is 0. The average molecular weight is 295 g/mol. The zero-order valence-electron chi connectivity index (χ0n) is 10.7. The third-order valence-corrected chi connectivity index (χ3v) is 5.02. The fraction of sp³-hybridized carbons (Fsp3) is 0.625. The molecule has 0 amide bonds. The van der Waals surface area contributed by atoms with Crippen LogP contribution in [0.4, 0.5) is 0 Å². The third-order valence-electron chi connectivity index (χ3n) is 4.03. The van der Waals surface area contributed by atoms with Gasteiger partial charge < -0.3 is 0 Å². The number of benzene rings is 1. The Morgan fingerprint density at radius 1 is 1.24 bits per heavy atom. The molecular formula is C16H23Br. The monoisotopic (exact) mass is 294 g/mol. The largest absolute Gasteiger partial charge is 0.0839 e. The molecule has 0 bridgehead atoms. The second-order valence-corrected chi connectivity index (χ2v) is 6.70. The minimum atomic E-state index is 0.543. The van der Waals surface area contributed by atoms with Gasteiger partial charge in [0.05, 0.1) is 0 Å². The molecule has 1 aromatic carbocycles. The first-order valence-electron chi connectivity index (χ1n) is 6.94. The van der Waals surface area contributed by atoms with Gasteiger partial charge in [-0.05, 0) is 36.7 Å². The summed E-state index contributed by atoms with van der Waals surface area (Å²) in [6, 6.07) is 10.8. The van der Waals surface area contributed by atoms with E-state index in [1.807, 2.05) is 0 Å². The molecule has 1 heteroatoms. The minimum Gasteiger partial charge on any atom is -0.0839 e. The van der Waals surface area contributed by atoms with Crippen molar-refractivity contribution in [2.75, 3.05) is 0 Å². The van der Waals surface area contributed by atoms with Gasteiger partial charge in [0.25, 0.3) is 0 Å². The lowest BCUT2D eigenvalue weighted by molar-refractivity contribution is 0.266. The van der Waals surface area contributed by atoms with Crippen molar-refractivity contribution in [3.8, 4) is 0 Å². The fourth-order valence-corrected chi connectivity index (χ4v) is 3.60. The average Bonchev–Trinajstić information content (AvgIpc) is 2.37. The maximum absolute atomic E-state index is 3.83. The Balaban J connectivity index is 1.78. The van der Waals surface area contributed by atoms with Crippen molar-refractivity contribution >= 4 is 15.9 Å². The first kappa shape index (κ1) is 13.1. The van der Waals surface area contributed by atoms with Crippen molar-refractivity contribution in [1.29, 1.82) is 0 Å². The Kier molecular flexibility index (Phi) is 5.09. The highest BCUT2D eigenvalue weighted by molar-refractivity contribution is 9.09. The van der Waals surface area contributed by atoms with Crippen LogP contribution in [0, 0.1) is 11.8 Å². The smallest absolute Gasteiger partial charge is 0.0395 e. The highest BCUT2D eigenvalue weighted by atomic mass is 79.9. The predicted octanol–water partition coefficient (Wildman–Crippen LogP) is 5.73. The van der Waals surface area contributed by atoms with Crippen molar-refractivity contribution in [3.05, 3.63) is 35.9 Å². The standard InChI is InChI=1S/C16H23Br/c1-13-6-5-7-14(12-13)10-11-16(17)15-8-3-2-4-9-15/h2-4,8-9,13-14,16H,5-7,10-12H2,1H3. The zero-order chi connectivity index (χ0) is 12.1.